The molecule has 0 aliphatic carbocycles. The first-order valence-electron chi connectivity index (χ1n) is 5.49. The number of benzene rings is 1. The van der Waals surface area contributed by atoms with Gasteiger partial charge in [0.25, 0.3) is 0 Å². The number of nitrogens with one attached hydrogen (secondary N) is 1. The number of phenolic OH excluding ortho intramolecular Hbond substituents is 1. The molecule has 0 amide bonds. The molecule has 3 nitrogen and oxygen atoms in total. The zero-order valence-corrected chi connectivity index (χ0v) is 11.0. The molecule has 16 heavy (non-hydrogen) atoms. The number of aromatic hydroxyl groups is 1. The maximum Gasteiger partial charge on any atom is 0.115 e. The van der Waals surface area contributed by atoms with E-state index in [9.17, 15) is 5.11 Å². The third-order valence-electron chi connectivity index (χ3n) is 2.58. The Morgan fingerprint density at radius 1 is 1.44 bits per heavy atom. The van der Waals surface area contributed by atoms with E-state index in [1.54, 1.807) is 12.1 Å². The topological polar surface area (TPSA) is 52.5 Å². The molecule has 1 rings (SSSR count). The van der Waals surface area contributed by atoms with Crippen LogP contribution >= 0.6 is 15.9 Å². The van der Waals surface area contributed by atoms with E-state index in [0.29, 0.717) is 12.6 Å². The van der Waals surface area contributed by atoms with E-state index in [1.807, 2.05) is 6.07 Å². The number of rotatable bonds is 6. The highest BCUT2D eigenvalue weighted by atomic mass is 79.9. The molecule has 0 aromatic heterocycles. The average Bonchev–Trinajstić information content (AvgIpc) is 2.28. The summed E-state index contributed by atoms with van der Waals surface area (Å²) in [5.41, 5.74) is 1.02. The van der Waals surface area contributed by atoms with Crippen LogP contribution in [0.5, 0.6) is 5.75 Å². The maximum atomic E-state index is 9.37. The quantitative estimate of drug-likeness (QED) is 0.753. The van der Waals surface area contributed by atoms with E-state index >= 15 is 0 Å². The van der Waals surface area contributed by atoms with Gasteiger partial charge in [-0.2, -0.15) is 0 Å². The van der Waals surface area contributed by atoms with Crippen LogP contribution in [0.3, 0.4) is 0 Å². The molecule has 4 heteroatoms. The summed E-state index contributed by atoms with van der Waals surface area (Å²) >= 11 is 3.44. The van der Waals surface area contributed by atoms with E-state index in [4.69, 9.17) is 5.11 Å². The second-order valence-corrected chi connectivity index (χ2v) is 4.63. The van der Waals surface area contributed by atoms with Gasteiger partial charge in [-0.05, 0) is 36.6 Å². The summed E-state index contributed by atoms with van der Waals surface area (Å²) in [6.45, 7) is 2.98. The number of aliphatic hydroxyl groups excluding tert-OH is 1. The highest BCUT2D eigenvalue weighted by molar-refractivity contribution is 9.10. The maximum absolute atomic E-state index is 9.37. The van der Waals surface area contributed by atoms with Gasteiger partial charge in [-0.25, -0.2) is 0 Å². The van der Waals surface area contributed by atoms with Crippen molar-refractivity contribution >= 4 is 15.9 Å². The summed E-state index contributed by atoms with van der Waals surface area (Å²) in [4.78, 5) is 0. The van der Waals surface area contributed by atoms with Gasteiger partial charge in [0, 0.05) is 23.7 Å². The lowest BCUT2D eigenvalue weighted by Crippen LogP contribution is -2.28. The average molecular weight is 288 g/mol. The van der Waals surface area contributed by atoms with Crippen LogP contribution in [0.2, 0.25) is 0 Å². The third kappa shape index (κ3) is 4.12. The lowest BCUT2D eigenvalue weighted by Gasteiger charge is -2.16. The van der Waals surface area contributed by atoms with Gasteiger partial charge in [0.1, 0.15) is 5.75 Å². The van der Waals surface area contributed by atoms with Crippen molar-refractivity contribution in [2.75, 3.05) is 6.61 Å². The van der Waals surface area contributed by atoms with Gasteiger partial charge in [0.05, 0.1) is 0 Å². The standard InChI is InChI=1S/C12H18BrNO2/c1-2-10(5-6-15)14-8-9-7-11(16)3-4-12(9)13/h3-4,7,10,14-16H,2,5-6,8H2,1H3. The van der Waals surface area contributed by atoms with Crippen LogP contribution in [0.25, 0.3) is 0 Å². The van der Waals surface area contributed by atoms with E-state index in [0.717, 1.165) is 22.9 Å². The smallest absolute Gasteiger partial charge is 0.115 e. The number of hydrogen-bond acceptors (Lipinski definition) is 3. The van der Waals surface area contributed by atoms with Crippen molar-refractivity contribution in [3.05, 3.63) is 28.2 Å². The van der Waals surface area contributed by atoms with Crippen molar-refractivity contribution < 1.29 is 10.2 Å². The van der Waals surface area contributed by atoms with Crippen LogP contribution < -0.4 is 5.32 Å². The minimum atomic E-state index is 0.201. The molecule has 90 valence electrons. The molecule has 0 aliphatic heterocycles. The number of halogens is 1. The molecular formula is C12H18BrNO2. The minimum Gasteiger partial charge on any atom is -0.508 e. The van der Waals surface area contributed by atoms with E-state index in [2.05, 4.69) is 28.2 Å². The molecule has 3 N–H and O–H groups in total. The van der Waals surface area contributed by atoms with Crippen LogP contribution in [0.1, 0.15) is 25.3 Å². The van der Waals surface area contributed by atoms with Crippen molar-refractivity contribution in [2.45, 2.75) is 32.4 Å². The van der Waals surface area contributed by atoms with Gasteiger partial charge in [-0.1, -0.05) is 22.9 Å². The molecule has 0 bridgehead atoms. The molecule has 1 aromatic rings. The summed E-state index contributed by atoms with van der Waals surface area (Å²) in [5, 5.41) is 21.6. The fourth-order valence-corrected chi connectivity index (χ4v) is 1.94. The van der Waals surface area contributed by atoms with Crippen molar-refractivity contribution in [3.8, 4) is 5.75 Å². The van der Waals surface area contributed by atoms with E-state index in [-0.39, 0.29) is 12.4 Å². The van der Waals surface area contributed by atoms with Gasteiger partial charge < -0.3 is 15.5 Å². The van der Waals surface area contributed by atoms with Crippen LogP contribution in [-0.4, -0.2) is 22.9 Å². The molecule has 0 spiro atoms. The predicted octanol–water partition coefficient (Wildman–Crippen LogP) is 2.41. The molecule has 0 saturated heterocycles. The molecule has 1 atom stereocenters. The summed E-state index contributed by atoms with van der Waals surface area (Å²) in [5.74, 6) is 0.273. The monoisotopic (exact) mass is 287 g/mol. The van der Waals surface area contributed by atoms with Crippen LogP contribution in [-0.2, 0) is 6.54 Å². The van der Waals surface area contributed by atoms with Crippen molar-refractivity contribution in [3.63, 3.8) is 0 Å². The van der Waals surface area contributed by atoms with Gasteiger partial charge in [-0.3, -0.25) is 0 Å². The third-order valence-corrected chi connectivity index (χ3v) is 3.35. The highest BCUT2D eigenvalue weighted by Crippen LogP contribution is 2.21. The second kappa shape index (κ2) is 6.89. The molecule has 0 radical (unpaired) electrons. The first-order valence-corrected chi connectivity index (χ1v) is 6.28. The lowest BCUT2D eigenvalue weighted by molar-refractivity contribution is 0.262. The van der Waals surface area contributed by atoms with Crippen molar-refractivity contribution in [2.24, 2.45) is 0 Å². The van der Waals surface area contributed by atoms with Crippen LogP contribution in [0.4, 0.5) is 0 Å². The molecule has 0 saturated carbocycles. The normalized spacial score (nSPS) is 12.7. The highest BCUT2D eigenvalue weighted by Gasteiger charge is 2.06. The van der Waals surface area contributed by atoms with E-state index < -0.39 is 0 Å². The Bertz CT molecular complexity index is 331. The first kappa shape index (κ1) is 13.5. The Morgan fingerprint density at radius 2 is 2.19 bits per heavy atom. The number of phenols is 1. The van der Waals surface area contributed by atoms with Gasteiger partial charge in [-0.15, -0.1) is 0 Å². The number of aliphatic hydroxyl groups is 1. The zero-order chi connectivity index (χ0) is 12.0. The molecule has 1 aromatic carbocycles. The molecule has 0 aliphatic rings. The van der Waals surface area contributed by atoms with Gasteiger partial charge >= 0.3 is 0 Å². The molecular weight excluding hydrogens is 270 g/mol. The Kier molecular flexibility index (Phi) is 5.80. The van der Waals surface area contributed by atoms with Crippen molar-refractivity contribution in [1.82, 2.24) is 5.32 Å². The van der Waals surface area contributed by atoms with Crippen LogP contribution in [0.15, 0.2) is 22.7 Å². The first-order chi connectivity index (χ1) is 7.67. The zero-order valence-electron chi connectivity index (χ0n) is 9.41. The lowest BCUT2D eigenvalue weighted by atomic mass is 10.1. The fourth-order valence-electron chi connectivity index (χ4n) is 1.56. The summed E-state index contributed by atoms with van der Waals surface area (Å²) in [6.07, 6.45) is 1.74. The largest absolute Gasteiger partial charge is 0.508 e. The van der Waals surface area contributed by atoms with Gasteiger partial charge in [0.15, 0.2) is 0 Å². The molecule has 0 heterocycles. The Hall–Kier alpha value is -0.580. The van der Waals surface area contributed by atoms with Crippen LogP contribution in [0, 0.1) is 0 Å². The van der Waals surface area contributed by atoms with Crippen molar-refractivity contribution in [1.29, 1.82) is 0 Å². The SMILES string of the molecule is CCC(CCO)NCc1cc(O)ccc1Br. The van der Waals surface area contributed by atoms with E-state index in [1.165, 1.54) is 0 Å². The fraction of sp³-hybridized carbons (Fsp3) is 0.500. The molecule has 1 unspecified atom stereocenters. The predicted molar refractivity (Wildman–Crippen MR) is 68.4 cm³/mol. The van der Waals surface area contributed by atoms with Gasteiger partial charge in [0.2, 0.25) is 0 Å². The number of hydrogen-bond donors (Lipinski definition) is 3. The second-order valence-electron chi connectivity index (χ2n) is 3.77. The summed E-state index contributed by atoms with van der Waals surface area (Å²) in [6, 6.07) is 5.54. The Balaban J connectivity index is 2.55. The summed E-state index contributed by atoms with van der Waals surface area (Å²) in [7, 11) is 0. The Labute approximate surface area is 105 Å². The summed E-state index contributed by atoms with van der Waals surface area (Å²) < 4.78 is 0.983. The Morgan fingerprint density at radius 3 is 2.81 bits per heavy atom. The molecule has 0 fully saturated rings. The minimum absolute atomic E-state index is 0.201.